The molecule has 0 aromatic heterocycles. The number of amides is 4. The largest absolute Gasteiger partial charge is 0.337 e. The van der Waals surface area contributed by atoms with E-state index in [-0.39, 0.29) is 23.9 Å². The Bertz CT molecular complexity index is 713. The van der Waals surface area contributed by atoms with Crippen molar-refractivity contribution < 1.29 is 14.4 Å². The fourth-order valence-corrected chi connectivity index (χ4v) is 3.24. The van der Waals surface area contributed by atoms with E-state index in [2.05, 4.69) is 20.9 Å². The number of fused-ring (bicyclic) bond motifs is 1. The van der Waals surface area contributed by atoms with Gasteiger partial charge in [0.2, 0.25) is 0 Å². The molecule has 3 N–H and O–H groups in total. The summed E-state index contributed by atoms with van der Waals surface area (Å²) >= 11 is 0. The highest BCUT2D eigenvalue weighted by Gasteiger charge is 2.37. The molecule has 1 fully saturated rings. The molecule has 2 aliphatic rings. The van der Waals surface area contributed by atoms with Gasteiger partial charge in [-0.2, -0.15) is 0 Å². The van der Waals surface area contributed by atoms with Gasteiger partial charge in [-0.1, -0.05) is 0 Å². The number of carbonyl (C=O) groups excluding carboxylic acids is 3. The topological polar surface area (TPSA) is 93.8 Å². The highest BCUT2D eigenvalue weighted by Crippen LogP contribution is 2.27. The predicted octanol–water partition coefficient (Wildman–Crippen LogP) is 0.718. The molecule has 2 aliphatic heterocycles. The summed E-state index contributed by atoms with van der Waals surface area (Å²) in [5.74, 6) is -0.602. The first kappa shape index (κ1) is 18.3. The maximum atomic E-state index is 12.4. The number of benzene rings is 1. The zero-order valence-electron chi connectivity index (χ0n) is 15.2. The van der Waals surface area contributed by atoms with Gasteiger partial charge in [-0.3, -0.25) is 19.4 Å². The number of hydrogen-bond donors (Lipinski definition) is 3. The number of nitrogens with zero attached hydrogens (tertiary/aromatic N) is 2. The van der Waals surface area contributed by atoms with Gasteiger partial charge in [0.15, 0.2) is 0 Å². The molecule has 0 atom stereocenters. The van der Waals surface area contributed by atoms with Crippen molar-refractivity contribution in [3.05, 3.63) is 29.3 Å². The first-order valence-corrected chi connectivity index (χ1v) is 8.97. The van der Waals surface area contributed by atoms with Crippen LogP contribution in [0.1, 0.15) is 34.6 Å². The Balaban J connectivity index is 1.55. The van der Waals surface area contributed by atoms with Crippen molar-refractivity contribution in [1.82, 2.24) is 20.4 Å². The molecule has 0 bridgehead atoms. The molecule has 0 aliphatic carbocycles. The lowest BCUT2D eigenvalue weighted by atomic mass is 10.1. The van der Waals surface area contributed by atoms with Gasteiger partial charge in [0.1, 0.15) is 0 Å². The van der Waals surface area contributed by atoms with Gasteiger partial charge in [0.25, 0.3) is 11.8 Å². The lowest BCUT2D eigenvalue weighted by Crippen LogP contribution is -2.46. The zero-order valence-corrected chi connectivity index (χ0v) is 15.2. The fraction of sp³-hybridized carbons (Fsp3) is 0.500. The molecule has 0 unspecified atom stereocenters. The van der Waals surface area contributed by atoms with E-state index in [1.807, 2.05) is 0 Å². The van der Waals surface area contributed by atoms with E-state index in [0.29, 0.717) is 23.4 Å². The normalized spacial score (nSPS) is 17.6. The Morgan fingerprint density at radius 3 is 2.54 bits per heavy atom. The van der Waals surface area contributed by atoms with Crippen molar-refractivity contribution in [2.24, 2.45) is 0 Å². The van der Waals surface area contributed by atoms with Gasteiger partial charge < -0.3 is 16.0 Å². The average molecular weight is 359 g/mol. The minimum Gasteiger partial charge on any atom is -0.337 e. The summed E-state index contributed by atoms with van der Waals surface area (Å²) in [6.07, 6.45) is 0. The highest BCUT2D eigenvalue weighted by atomic mass is 16.2. The quantitative estimate of drug-likeness (QED) is 0.674. The molecule has 2 heterocycles. The number of urea groups is 1. The average Bonchev–Trinajstić information content (AvgIpc) is 2.86. The summed E-state index contributed by atoms with van der Waals surface area (Å²) in [6.45, 7) is 8.86. The third kappa shape index (κ3) is 3.86. The van der Waals surface area contributed by atoms with E-state index in [0.717, 1.165) is 32.7 Å². The van der Waals surface area contributed by atoms with Crippen molar-refractivity contribution in [1.29, 1.82) is 0 Å². The van der Waals surface area contributed by atoms with Crippen LogP contribution in [0.2, 0.25) is 0 Å². The first-order valence-electron chi connectivity index (χ1n) is 8.97. The van der Waals surface area contributed by atoms with Gasteiger partial charge in [-0.15, -0.1) is 0 Å². The molecule has 8 nitrogen and oxygen atoms in total. The van der Waals surface area contributed by atoms with E-state index in [1.54, 1.807) is 32.0 Å². The van der Waals surface area contributed by atoms with Crippen LogP contribution >= 0.6 is 0 Å². The summed E-state index contributed by atoms with van der Waals surface area (Å²) < 4.78 is 0. The third-order valence-electron chi connectivity index (χ3n) is 4.62. The summed E-state index contributed by atoms with van der Waals surface area (Å²) in [6, 6.07) is 4.27. The number of imide groups is 1. The van der Waals surface area contributed by atoms with Crippen LogP contribution in [0.5, 0.6) is 0 Å². The van der Waals surface area contributed by atoms with Crippen LogP contribution in [0.15, 0.2) is 18.2 Å². The number of nitrogens with one attached hydrogen (secondary N) is 3. The number of anilines is 1. The van der Waals surface area contributed by atoms with Crippen molar-refractivity contribution in [2.75, 3.05) is 44.6 Å². The maximum absolute atomic E-state index is 12.4. The lowest BCUT2D eigenvalue weighted by molar-refractivity contribution is 0.0609. The molecule has 0 radical (unpaired) electrons. The van der Waals surface area contributed by atoms with Crippen molar-refractivity contribution in [2.45, 2.75) is 19.9 Å². The van der Waals surface area contributed by atoms with Crippen LogP contribution in [0.3, 0.4) is 0 Å². The Hall–Kier alpha value is -2.45. The summed E-state index contributed by atoms with van der Waals surface area (Å²) in [5, 5.41) is 8.83. The molecular weight excluding hydrogens is 334 g/mol. The number of hydrogen-bond acceptors (Lipinski definition) is 5. The van der Waals surface area contributed by atoms with E-state index in [1.165, 1.54) is 4.90 Å². The summed E-state index contributed by atoms with van der Waals surface area (Å²) in [7, 11) is 0. The highest BCUT2D eigenvalue weighted by molar-refractivity contribution is 6.22. The minimum absolute atomic E-state index is 0.202. The first-order chi connectivity index (χ1) is 12.5. The third-order valence-corrected chi connectivity index (χ3v) is 4.62. The lowest BCUT2D eigenvalue weighted by Gasteiger charge is -2.27. The number of piperazine rings is 1. The van der Waals surface area contributed by atoms with Crippen LogP contribution in [0, 0.1) is 0 Å². The van der Waals surface area contributed by atoms with E-state index < -0.39 is 0 Å². The molecule has 1 saturated heterocycles. The molecule has 0 spiro atoms. The molecule has 26 heavy (non-hydrogen) atoms. The minimum atomic E-state index is -0.322. The van der Waals surface area contributed by atoms with Crippen molar-refractivity contribution in [3.63, 3.8) is 0 Å². The second-order valence-electron chi connectivity index (χ2n) is 6.81. The number of carbonyl (C=O) groups is 3. The molecular formula is C18H25N5O3. The van der Waals surface area contributed by atoms with Gasteiger partial charge in [-0.05, 0) is 32.0 Å². The summed E-state index contributed by atoms with van der Waals surface area (Å²) in [5.41, 5.74) is 1.21. The molecule has 3 rings (SSSR count). The predicted molar refractivity (Wildman–Crippen MR) is 98.4 cm³/mol. The van der Waals surface area contributed by atoms with Crippen LogP contribution in [0.25, 0.3) is 0 Å². The van der Waals surface area contributed by atoms with Gasteiger partial charge in [-0.25, -0.2) is 4.79 Å². The Morgan fingerprint density at radius 1 is 1.15 bits per heavy atom. The number of rotatable bonds is 5. The standard InChI is InChI=1S/C18H25N5O3/c1-12(2)23-16(24)14-4-3-13(11-15(14)17(23)25)21-18(26)20-7-10-22-8-5-19-6-9-22/h3-4,11-12,19H,5-10H2,1-2H3,(H2,20,21,26). The summed E-state index contributed by atoms with van der Waals surface area (Å²) in [4.78, 5) is 40.3. The Labute approximate surface area is 152 Å². The van der Waals surface area contributed by atoms with Gasteiger partial charge in [0, 0.05) is 51.0 Å². The van der Waals surface area contributed by atoms with E-state index >= 15 is 0 Å². The smallest absolute Gasteiger partial charge is 0.319 e. The van der Waals surface area contributed by atoms with Crippen LogP contribution in [-0.2, 0) is 0 Å². The van der Waals surface area contributed by atoms with E-state index in [4.69, 9.17) is 0 Å². The van der Waals surface area contributed by atoms with Crippen LogP contribution in [0.4, 0.5) is 10.5 Å². The molecule has 140 valence electrons. The van der Waals surface area contributed by atoms with Crippen molar-refractivity contribution in [3.8, 4) is 0 Å². The SMILES string of the molecule is CC(C)N1C(=O)c2ccc(NC(=O)NCCN3CCNCC3)cc2C1=O. The molecule has 1 aromatic carbocycles. The Kier molecular flexibility index (Phi) is 5.53. The van der Waals surface area contributed by atoms with Gasteiger partial charge >= 0.3 is 6.03 Å². The molecule has 4 amide bonds. The molecule has 8 heteroatoms. The van der Waals surface area contributed by atoms with Gasteiger partial charge in [0.05, 0.1) is 11.1 Å². The van der Waals surface area contributed by atoms with Crippen LogP contribution in [-0.4, -0.2) is 73.0 Å². The fourth-order valence-electron chi connectivity index (χ4n) is 3.24. The van der Waals surface area contributed by atoms with Crippen molar-refractivity contribution >= 4 is 23.5 Å². The molecule has 1 aromatic rings. The molecule has 0 saturated carbocycles. The van der Waals surface area contributed by atoms with Crippen LogP contribution < -0.4 is 16.0 Å². The monoisotopic (exact) mass is 359 g/mol. The zero-order chi connectivity index (χ0) is 18.7. The Morgan fingerprint density at radius 2 is 1.85 bits per heavy atom. The second-order valence-corrected chi connectivity index (χ2v) is 6.81. The maximum Gasteiger partial charge on any atom is 0.319 e. The second kappa shape index (κ2) is 7.84. The van der Waals surface area contributed by atoms with E-state index in [9.17, 15) is 14.4 Å².